The van der Waals surface area contributed by atoms with Gasteiger partial charge in [-0.25, -0.2) is 8.42 Å². The monoisotopic (exact) mass is 469 g/mol. The summed E-state index contributed by atoms with van der Waals surface area (Å²) in [5, 5.41) is 0. The zero-order valence-electron chi connectivity index (χ0n) is 18.0. The van der Waals surface area contributed by atoms with Crippen molar-refractivity contribution in [3.05, 3.63) is 59.7 Å². The second-order valence-electron chi connectivity index (χ2n) is 7.69. The molecule has 2 aromatic rings. The minimum Gasteiger partial charge on any atom is -0.339 e. The Labute approximate surface area is 186 Å². The van der Waals surface area contributed by atoms with Crippen LogP contribution < -0.4 is 4.31 Å². The first kappa shape index (κ1) is 24.1. The van der Waals surface area contributed by atoms with Crippen LogP contribution in [0.15, 0.2) is 53.4 Å². The minimum atomic E-state index is -4.64. The number of sulfonamides is 1. The number of hydrogen-bond donors (Lipinski definition) is 0. The summed E-state index contributed by atoms with van der Waals surface area (Å²) in [6.45, 7) is 6.28. The molecule has 1 aliphatic rings. The fourth-order valence-corrected chi connectivity index (χ4v) is 4.93. The molecule has 1 saturated heterocycles. The van der Waals surface area contributed by atoms with Crippen LogP contribution in [0.5, 0.6) is 0 Å². The highest BCUT2D eigenvalue weighted by atomic mass is 32.2. The summed E-state index contributed by atoms with van der Waals surface area (Å²) in [6, 6.07) is 10.0. The van der Waals surface area contributed by atoms with E-state index in [9.17, 15) is 26.4 Å². The lowest BCUT2D eigenvalue weighted by Crippen LogP contribution is -2.51. The van der Waals surface area contributed by atoms with Crippen molar-refractivity contribution in [2.24, 2.45) is 0 Å². The highest BCUT2D eigenvalue weighted by Crippen LogP contribution is 2.33. The van der Waals surface area contributed by atoms with E-state index in [2.05, 4.69) is 4.90 Å². The first-order valence-electron chi connectivity index (χ1n) is 10.3. The summed E-state index contributed by atoms with van der Waals surface area (Å²) in [7, 11) is -4.27. The Bertz CT molecular complexity index is 1050. The van der Waals surface area contributed by atoms with Crippen LogP contribution in [0, 0.1) is 6.92 Å². The zero-order valence-corrected chi connectivity index (χ0v) is 18.8. The third-order valence-electron chi connectivity index (χ3n) is 5.52. The normalized spacial score (nSPS) is 15.6. The van der Waals surface area contributed by atoms with Crippen LogP contribution in [-0.4, -0.2) is 63.4 Å². The highest BCUT2D eigenvalue weighted by molar-refractivity contribution is 7.92. The van der Waals surface area contributed by atoms with E-state index in [0.717, 1.165) is 34.6 Å². The number of halogens is 3. The Balaban J connectivity index is 1.96. The first-order valence-corrected chi connectivity index (χ1v) is 11.7. The van der Waals surface area contributed by atoms with Gasteiger partial charge < -0.3 is 9.80 Å². The molecule has 0 unspecified atom stereocenters. The van der Waals surface area contributed by atoms with Gasteiger partial charge in [-0.3, -0.25) is 9.10 Å². The van der Waals surface area contributed by atoms with Gasteiger partial charge in [-0.1, -0.05) is 30.7 Å². The lowest BCUT2D eigenvalue weighted by molar-refractivity contribution is -0.137. The van der Waals surface area contributed by atoms with E-state index >= 15 is 0 Å². The summed E-state index contributed by atoms with van der Waals surface area (Å²) in [6.07, 6.45) is -4.64. The quantitative estimate of drug-likeness (QED) is 0.651. The van der Waals surface area contributed by atoms with Gasteiger partial charge >= 0.3 is 6.18 Å². The molecule has 10 heteroatoms. The summed E-state index contributed by atoms with van der Waals surface area (Å²) < 4.78 is 67.4. The average molecular weight is 470 g/mol. The van der Waals surface area contributed by atoms with E-state index in [0.29, 0.717) is 26.2 Å². The molecule has 0 bridgehead atoms. The maximum atomic E-state index is 13.4. The van der Waals surface area contributed by atoms with Gasteiger partial charge in [0.2, 0.25) is 5.91 Å². The summed E-state index contributed by atoms with van der Waals surface area (Å²) in [5.74, 6) is -0.450. The van der Waals surface area contributed by atoms with Gasteiger partial charge in [0, 0.05) is 26.2 Å². The van der Waals surface area contributed by atoms with E-state index in [1.807, 2.05) is 6.92 Å². The molecule has 32 heavy (non-hydrogen) atoms. The van der Waals surface area contributed by atoms with Crippen LogP contribution in [0.3, 0.4) is 0 Å². The molecule has 3 rings (SSSR count). The number of nitrogens with zero attached hydrogens (tertiary/aromatic N) is 3. The second kappa shape index (κ2) is 9.50. The van der Waals surface area contributed by atoms with E-state index in [1.165, 1.54) is 18.2 Å². The molecule has 0 aliphatic carbocycles. The summed E-state index contributed by atoms with van der Waals surface area (Å²) >= 11 is 0. The van der Waals surface area contributed by atoms with Crippen molar-refractivity contribution in [1.29, 1.82) is 0 Å². The van der Waals surface area contributed by atoms with Crippen molar-refractivity contribution in [3.8, 4) is 0 Å². The smallest absolute Gasteiger partial charge is 0.339 e. The predicted octanol–water partition coefficient (Wildman–Crippen LogP) is 3.37. The van der Waals surface area contributed by atoms with Gasteiger partial charge in [0.1, 0.15) is 6.54 Å². The molecule has 1 heterocycles. The molecule has 0 N–H and O–H groups in total. The van der Waals surface area contributed by atoms with Gasteiger partial charge in [-0.2, -0.15) is 13.2 Å². The van der Waals surface area contributed by atoms with Crippen LogP contribution in [0.25, 0.3) is 0 Å². The molecular formula is C22H26F3N3O3S. The minimum absolute atomic E-state index is 0.0934. The average Bonchev–Trinajstić information content (AvgIpc) is 2.77. The first-order chi connectivity index (χ1) is 15.0. The molecule has 174 valence electrons. The van der Waals surface area contributed by atoms with Crippen LogP contribution in [0.1, 0.15) is 18.1 Å². The number of benzene rings is 2. The number of aryl methyl sites for hydroxylation is 1. The number of hydrogen-bond acceptors (Lipinski definition) is 4. The number of amides is 1. The molecule has 0 radical (unpaired) electrons. The highest BCUT2D eigenvalue weighted by Gasteiger charge is 2.34. The number of piperazine rings is 1. The maximum Gasteiger partial charge on any atom is 0.416 e. The third kappa shape index (κ3) is 5.42. The molecule has 0 spiro atoms. The zero-order chi connectivity index (χ0) is 23.5. The van der Waals surface area contributed by atoms with Crippen molar-refractivity contribution in [2.45, 2.75) is 24.9 Å². The van der Waals surface area contributed by atoms with Crippen molar-refractivity contribution < 1.29 is 26.4 Å². The van der Waals surface area contributed by atoms with Gasteiger partial charge in [-0.05, 0) is 43.8 Å². The Morgan fingerprint density at radius 2 is 1.66 bits per heavy atom. The van der Waals surface area contributed by atoms with Gasteiger partial charge in [0.25, 0.3) is 10.0 Å². The van der Waals surface area contributed by atoms with Crippen LogP contribution in [0.2, 0.25) is 0 Å². The van der Waals surface area contributed by atoms with Gasteiger partial charge in [0.15, 0.2) is 0 Å². The summed E-state index contributed by atoms with van der Waals surface area (Å²) in [4.78, 5) is 16.6. The van der Waals surface area contributed by atoms with Gasteiger partial charge in [0.05, 0.1) is 16.1 Å². The number of rotatable bonds is 6. The lowest BCUT2D eigenvalue weighted by atomic mass is 10.2. The predicted molar refractivity (Wildman–Crippen MR) is 116 cm³/mol. The topological polar surface area (TPSA) is 60.9 Å². The molecule has 1 amide bonds. The number of anilines is 1. The molecule has 6 nitrogen and oxygen atoms in total. The van der Waals surface area contributed by atoms with E-state index in [-0.39, 0.29) is 10.6 Å². The van der Waals surface area contributed by atoms with Gasteiger partial charge in [-0.15, -0.1) is 0 Å². The Morgan fingerprint density at radius 3 is 2.22 bits per heavy atom. The Morgan fingerprint density at radius 1 is 1.03 bits per heavy atom. The number of carbonyl (C=O) groups excluding carboxylic acids is 1. The van der Waals surface area contributed by atoms with Crippen LogP contribution >= 0.6 is 0 Å². The van der Waals surface area contributed by atoms with Crippen LogP contribution in [0.4, 0.5) is 18.9 Å². The molecule has 0 aromatic heterocycles. The SMILES string of the molecule is CCN1CCN(C(=O)CN(c2cccc(C(F)(F)F)c2)S(=O)(=O)c2ccc(C)cc2)CC1. The second-order valence-corrected chi connectivity index (χ2v) is 9.55. The largest absolute Gasteiger partial charge is 0.416 e. The van der Waals surface area contributed by atoms with E-state index < -0.39 is 34.2 Å². The Kier molecular flexibility index (Phi) is 7.14. The molecular weight excluding hydrogens is 443 g/mol. The van der Waals surface area contributed by atoms with Crippen LogP contribution in [-0.2, 0) is 21.0 Å². The number of likely N-dealkylation sites (N-methyl/N-ethyl adjacent to an activating group) is 1. The maximum absolute atomic E-state index is 13.4. The molecule has 2 aromatic carbocycles. The number of alkyl halides is 3. The standard InChI is InChI=1S/C22H26F3N3O3S/c1-3-26-11-13-27(14-12-26)21(29)16-28(19-6-4-5-18(15-19)22(23,24)25)32(30,31)20-9-7-17(2)8-10-20/h4-10,15H,3,11-14,16H2,1-2H3. The molecule has 0 atom stereocenters. The fraction of sp³-hybridized carbons (Fsp3) is 0.409. The molecule has 0 saturated carbocycles. The summed E-state index contributed by atoms with van der Waals surface area (Å²) in [5.41, 5.74) is -0.358. The number of carbonyl (C=O) groups is 1. The van der Waals surface area contributed by atoms with E-state index in [1.54, 1.807) is 24.0 Å². The lowest BCUT2D eigenvalue weighted by Gasteiger charge is -2.35. The van der Waals surface area contributed by atoms with Crippen molar-refractivity contribution in [1.82, 2.24) is 9.80 Å². The molecule has 1 fully saturated rings. The third-order valence-corrected chi connectivity index (χ3v) is 7.31. The van der Waals surface area contributed by atoms with Crippen molar-refractivity contribution in [3.63, 3.8) is 0 Å². The van der Waals surface area contributed by atoms with E-state index in [4.69, 9.17) is 0 Å². The van der Waals surface area contributed by atoms with Crippen molar-refractivity contribution in [2.75, 3.05) is 43.6 Å². The Hall–Kier alpha value is -2.59. The van der Waals surface area contributed by atoms with Crippen molar-refractivity contribution >= 4 is 21.6 Å². The fourth-order valence-electron chi connectivity index (χ4n) is 3.53. The molecule has 1 aliphatic heterocycles.